The van der Waals surface area contributed by atoms with Crippen molar-refractivity contribution in [2.75, 3.05) is 69.7 Å². The number of allylic oxidation sites excluding steroid dienone is 1. The summed E-state index contributed by atoms with van der Waals surface area (Å²) in [6.07, 6.45) is 0.461. The third-order valence-electron chi connectivity index (χ3n) is 7.29. The van der Waals surface area contributed by atoms with E-state index in [9.17, 15) is 23.1 Å². The third-order valence-corrected chi connectivity index (χ3v) is 7.29. The first kappa shape index (κ1) is 29.7. The number of pyridine rings is 1. The van der Waals surface area contributed by atoms with Crippen LogP contribution in [0.15, 0.2) is 36.7 Å². The van der Waals surface area contributed by atoms with Crippen molar-refractivity contribution in [3.8, 4) is 11.4 Å². The molecule has 5 rings (SSSR count). The lowest BCUT2D eigenvalue weighted by Crippen LogP contribution is -2.52. The predicted octanol–water partition coefficient (Wildman–Crippen LogP) is 1.36. The first-order valence-corrected chi connectivity index (χ1v) is 13.7. The molecule has 1 atom stereocenters. The topological polar surface area (TPSA) is 137 Å². The van der Waals surface area contributed by atoms with Gasteiger partial charge in [-0.1, -0.05) is 6.08 Å². The van der Waals surface area contributed by atoms with Crippen LogP contribution >= 0.6 is 0 Å². The van der Waals surface area contributed by atoms with Crippen molar-refractivity contribution in [1.82, 2.24) is 34.7 Å². The molecule has 12 nitrogen and oxygen atoms in total. The van der Waals surface area contributed by atoms with Crippen molar-refractivity contribution in [2.45, 2.75) is 25.9 Å². The highest BCUT2D eigenvalue weighted by Crippen LogP contribution is 2.37. The number of hydrogen-bond acceptors (Lipinski definition) is 10. The Hall–Kier alpha value is -3.79. The Morgan fingerprint density at radius 3 is 2.62 bits per heavy atom. The number of piperazine rings is 1. The highest BCUT2D eigenvalue weighted by atomic mass is 19.4. The van der Waals surface area contributed by atoms with E-state index in [0.29, 0.717) is 70.4 Å². The first-order chi connectivity index (χ1) is 20.1. The van der Waals surface area contributed by atoms with Gasteiger partial charge >= 0.3 is 6.18 Å². The molecule has 0 radical (unpaired) electrons. The van der Waals surface area contributed by atoms with Gasteiger partial charge in [0.1, 0.15) is 17.6 Å². The Morgan fingerprint density at radius 1 is 1.19 bits per heavy atom. The first-order valence-electron chi connectivity index (χ1n) is 13.7. The Morgan fingerprint density at radius 2 is 1.93 bits per heavy atom. The summed E-state index contributed by atoms with van der Waals surface area (Å²) >= 11 is 0. The van der Waals surface area contributed by atoms with E-state index in [0.717, 1.165) is 17.8 Å². The van der Waals surface area contributed by atoms with Gasteiger partial charge in [-0.05, 0) is 30.7 Å². The number of alkyl halides is 3. The van der Waals surface area contributed by atoms with Crippen LogP contribution in [-0.2, 0) is 22.3 Å². The SMILES string of the molecule is C/C=C/C(=O)NCC(O)N1CCN(Cc2cc3c(N4CCOCC4)nc(-c4cnc(N)cc4C(F)(F)F)nn3c2)CC1. The fourth-order valence-corrected chi connectivity index (χ4v) is 5.14. The smallest absolute Gasteiger partial charge is 0.384 e. The molecule has 0 saturated carbocycles. The number of aliphatic hydroxyl groups excluding tert-OH is 1. The molecule has 1 unspecified atom stereocenters. The van der Waals surface area contributed by atoms with E-state index in [4.69, 9.17) is 10.5 Å². The van der Waals surface area contributed by atoms with Crippen LogP contribution in [0.1, 0.15) is 18.1 Å². The monoisotopic (exact) mass is 589 g/mol. The number of hydrogen-bond donors (Lipinski definition) is 3. The van der Waals surface area contributed by atoms with Crippen LogP contribution in [0.4, 0.5) is 24.8 Å². The minimum atomic E-state index is -4.67. The Labute approximate surface area is 240 Å². The summed E-state index contributed by atoms with van der Waals surface area (Å²) in [5, 5.41) is 17.6. The van der Waals surface area contributed by atoms with Gasteiger partial charge in [0.05, 0.1) is 30.9 Å². The molecule has 0 bridgehead atoms. The molecule has 42 heavy (non-hydrogen) atoms. The zero-order valence-electron chi connectivity index (χ0n) is 23.2. The van der Waals surface area contributed by atoms with Gasteiger partial charge in [0.2, 0.25) is 5.91 Å². The number of nitrogens with two attached hydrogens (primary N) is 1. The number of ether oxygens (including phenoxy) is 1. The number of nitrogen functional groups attached to an aromatic ring is 1. The van der Waals surface area contributed by atoms with Crippen LogP contribution < -0.4 is 16.0 Å². The Kier molecular flexibility index (Phi) is 8.91. The van der Waals surface area contributed by atoms with E-state index < -0.39 is 18.0 Å². The molecule has 0 aromatic carbocycles. The molecule has 2 saturated heterocycles. The van der Waals surface area contributed by atoms with Crippen molar-refractivity contribution in [3.63, 3.8) is 0 Å². The lowest BCUT2D eigenvalue weighted by Gasteiger charge is -2.37. The zero-order chi connectivity index (χ0) is 29.9. The minimum absolute atomic E-state index is 0.102. The van der Waals surface area contributed by atoms with Crippen molar-refractivity contribution in [3.05, 3.63) is 47.8 Å². The summed E-state index contributed by atoms with van der Waals surface area (Å²) in [4.78, 5) is 26.3. The quantitative estimate of drug-likeness (QED) is 0.330. The van der Waals surface area contributed by atoms with Crippen molar-refractivity contribution < 1.29 is 27.8 Å². The standard InChI is InChI=1S/C27H34F3N9O3/c1-2-3-23(40)33-15-24(41)37-6-4-36(5-7-37)16-18-12-21-26(38-8-10-42-11-9-38)34-25(35-39(21)17-18)19-14-32-22(31)13-20(19)27(28,29)30/h2-3,12-14,17,24,41H,4-11,15-16H2,1H3,(H2,31,32)(H,33,40)/b3-2+. The van der Waals surface area contributed by atoms with E-state index in [1.807, 2.05) is 15.9 Å². The fraction of sp³-hybridized carbons (Fsp3) is 0.481. The number of fused-ring (bicyclic) bond motifs is 1. The molecule has 15 heteroatoms. The molecular formula is C27H34F3N9O3. The maximum atomic E-state index is 13.9. The second-order valence-corrected chi connectivity index (χ2v) is 10.2. The molecule has 1 amide bonds. The third kappa shape index (κ3) is 6.81. The predicted molar refractivity (Wildman–Crippen MR) is 149 cm³/mol. The average Bonchev–Trinajstić information content (AvgIpc) is 3.38. The number of halogens is 3. The number of amides is 1. The van der Waals surface area contributed by atoms with Crippen molar-refractivity contribution in [2.24, 2.45) is 0 Å². The summed E-state index contributed by atoms with van der Waals surface area (Å²) in [7, 11) is 0. The number of morpholine rings is 1. The number of aliphatic hydroxyl groups is 1. The molecule has 3 aromatic rings. The summed E-state index contributed by atoms with van der Waals surface area (Å²) < 4.78 is 48.8. The second-order valence-electron chi connectivity index (χ2n) is 10.2. The summed E-state index contributed by atoms with van der Waals surface area (Å²) in [5.74, 6) is -0.0710. The molecule has 2 aliphatic heterocycles. The van der Waals surface area contributed by atoms with E-state index in [1.54, 1.807) is 23.7 Å². The second kappa shape index (κ2) is 12.6. The molecule has 3 aromatic heterocycles. The van der Waals surface area contributed by atoms with Gasteiger partial charge in [-0.2, -0.15) is 13.2 Å². The molecule has 2 aliphatic rings. The van der Waals surface area contributed by atoms with Crippen LogP contribution in [0.25, 0.3) is 16.9 Å². The van der Waals surface area contributed by atoms with Crippen molar-refractivity contribution >= 4 is 23.1 Å². The number of nitrogens with one attached hydrogen (secondary N) is 1. The van der Waals surface area contributed by atoms with E-state index in [-0.39, 0.29) is 29.7 Å². The maximum absolute atomic E-state index is 13.9. The molecular weight excluding hydrogens is 555 g/mol. The summed E-state index contributed by atoms with van der Waals surface area (Å²) in [6.45, 7) is 7.10. The van der Waals surface area contributed by atoms with Gasteiger partial charge in [0.25, 0.3) is 0 Å². The Bertz CT molecular complexity index is 1430. The lowest BCUT2D eigenvalue weighted by atomic mass is 10.1. The highest BCUT2D eigenvalue weighted by molar-refractivity contribution is 5.87. The number of carbonyl (C=O) groups is 1. The average molecular weight is 590 g/mol. The van der Waals surface area contributed by atoms with E-state index >= 15 is 0 Å². The zero-order valence-corrected chi connectivity index (χ0v) is 23.2. The molecule has 4 N–H and O–H groups in total. The number of aromatic nitrogens is 4. The molecule has 5 heterocycles. The summed E-state index contributed by atoms with van der Waals surface area (Å²) in [5.41, 5.74) is 5.98. The van der Waals surface area contributed by atoms with Crippen LogP contribution in [-0.4, -0.2) is 106 Å². The normalized spacial score (nSPS) is 18.2. The number of anilines is 2. The van der Waals surface area contributed by atoms with Crippen LogP contribution in [0, 0.1) is 0 Å². The fourth-order valence-electron chi connectivity index (χ4n) is 5.14. The van der Waals surface area contributed by atoms with Crippen molar-refractivity contribution in [1.29, 1.82) is 0 Å². The van der Waals surface area contributed by atoms with Crippen LogP contribution in [0.3, 0.4) is 0 Å². The maximum Gasteiger partial charge on any atom is 0.417 e. The minimum Gasteiger partial charge on any atom is -0.384 e. The van der Waals surface area contributed by atoms with Gasteiger partial charge in [0, 0.05) is 58.2 Å². The molecule has 0 aliphatic carbocycles. The van der Waals surface area contributed by atoms with Crippen LogP contribution in [0.2, 0.25) is 0 Å². The molecule has 226 valence electrons. The number of rotatable bonds is 8. The Balaban J connectivity index is 1.37. The van der Waals surface area contributed by atoms with Crippen LogP contribution in [0.5, 0.6) is 0 Å². The van der Waals surface area contributed by atoms with E-state index in [1.165, 1.54) is 6.08 Å². The molecule has 0 spiro atoms. The van der Waals surface area contributed by atoms with E-state index in [2.05, 4.69) is 25.3 Å². The summed E-state index contributed by atoms with van der Waals surface area (Å²) in [6, 6.07) is 2.75. The van der Waals surface area contributed by atoms with Gasteiger partial charge in [0.15, 0.2) is 11.6 Å². The number of nitrogens with zero attached hydrogens (tertiary/aromatic N) is 7. The highest BCUT2D eigenvalue weighted by Gasteiger charge is 2.36. The van der Waals surface area contributed by atoms with Gasteiger partial charge < -0.3 is 25.8 Å². The largest absolute Gasteiger partial charge is 0.417 e. The number of carbonyl (C=O) groups excluding carboxylic acids is 1. The van der Waals surface area contributed by atoms with Gasteiger partial charge in [-0.15, -0.1) is 5.10 Å². The molecule has 2 fully saturated rings. The van der Waals surface area contributed by atoms with Gasteiger partial charge in [-0.3, -0.25) is 14.6 Å². The lowest BCUT2D eigenvalue weighted by molar-refractivity contribution is -0.137. The van der Waals surface area contributed by atoms with Gasteiger partial charge in [-0.25, -0.2) is 14.5 Å².